The highest BCUT2D eigenvalue weighted by atomic mass is 16.3. The predicted octanol–water partition coefficient (Wildman–Crippen LogP) is 2.44. The van der Waals surface area contributed by atoms with Crippen LogP contribution in [0.1, 0.15) is 11.3 Å². The van der Waals surface area contributed by atoms with E-state index in [1.807, 2.05) is 49.6 Å². The molecule has 0 atom stereocenters. The summed E-state index contributed by atoms with van der Waals surface area (Å²) in [5.74, 6) is 0.252. The van der Waals surface area contributed by atoms with E-state index in [0.29, 0.717) is 13.1 Å². The minimum Gasteiger partial charge on any atom is -0.507 e. The number of aromatic nitrogens is 2. The normalized spacial score (nSPS) is 10.8. The van der Waals surface area contributed by atoms with Crippen molar-refractivity contribution in [1.82, 2.24) is 14.7 Å². The zero-order valence-electron chi connectivity index (χ0n) is 12.3. The van der Waals surface area contributed by atoms with Gasteiger partial charge in [-0.1, -0.05) is 30.3 Å². The van der Waals surface area contributed by atoms with Crippen molar-refractivity contribution in [1.29, 1.82) is 0 Å². The van der Waals surface area contributed by atoms with Crippen LogP contribution < -0.4 is 0 Å². The molecule has 112 valence electrons. The van der Waals surface area contributed by atoms with Crippen molar-refractivity contribution in [3.63, 3.8) is 0 Å². The molecule has 0 radical (unpaired) electrons. The van der Waals surface area contributed by atoms with Gasteiger partial charge in [0.2, 0.25) is 6.41 Å². The van der Waals surface area contributed by atoms with Gasteiger partial charge in [0.05, 0.1) is 12.2 Å². The van der Waals surface area contributed by atoms with Crippen LogP contribution in [0, 0.1) is 0 Å². The number of rotatable bonds is 5. The van der Waals surface area contributed by atoms with Gasteiger partial charge in [-0.15, -0.1) is 0 Å². The van der Waals surface area contributed by atoms with Crippen LogP contribution in [0.2, 0.25) is 0 Å². The molecule has 0 spiro atoms. The van der Waals surface area contributed by atoms with Gasteiger partial charge in [0.15, 0.2) is 0 Å². The number of nitrogens with zero attached hydrogens (tertiary/aromatic N) is 3. The summed E-state index contributed by atoms with van der Waals surface area (Å²) in [4.78, 5) is 13.0. The van der Waals surface area contributed by atoms with E-state index in [4.69, 9.17) is 0 Å². The average Bonchev–Trinajstić information content (AvgIpc) is 2.94. The molecule has 0 aliphatic rings. The predicted molar refractivity (Wildman–Crippen MR) is 84.1 cm³/mol. The summed E-state index contributed by atoms with van der Waals surface area (Å²) in [6, 6.07) is 13.1. The van der Waals surface area contributed by atoms with Crippen molar-refractivity contribution in [2.75, 3.05) is 0 Å². The van der Waals surface area contributed by atoms with Crippen molar-refractivity contribution in [2.24, 2.45) is 7.05 Å². The van der Waals surface area contributed by atoms with Crippen LogP contribution in [0.5, 0.6) is 5.75 Å². The summed E-state index contributed by atoms with van der Waals surface area (Å²) < 4.78 is 1.72. The molecule has 5 nitrogen and oxygen atoms in total. The fourth-order valence-corrected chi connectivity index (χ4v) is 2.59. The van der Waals surface area contributed by atoms with Crippen LogP contribution >= 0.6 is 0 Å². The summed E-state index contributed by atoms with van der Waals surface area (Å²) in [7, 11) is 1.85. The van der Waals surface area contributed by atoms with Gasteiger partial charge < -0.3 is 10.0 Å². The zero-order chi connectivity index (χ0) is 15.5. The molecule has 5 heteroatoms. The Labute approximate surface area is 128 Å². The quantitative estimate of drug-likeness (QED) is 0.735. The number of benzene rings is 2. The summed E-state index contributed by atoms with van der Waals surface area (Å²) in [6.45, 7) is 0.931. The number of carbonyl (C=O) groups excluding carboxylic acids is 1. The molecular weight excluding hydrogens is 278 g/mol. The highest BCUT2D eigenvalue weighted by Crippen LogP contribution is 2.28. The minimum atomic E-state index is 0.252. The highest BCUT2D eigenvalue weighted by Gasteiger charge is 2.10. The number of aryl methyl sites for hydroxylation is 1. The Hall–Kier alpha value is -2.82. The number of carbonyl (C=O) groups is 1. The van der Waals surface area contributed by atoms with Crippen LogP contribution in [0.25, 0.3) is 10.8 Å². The number of amides is 1. The number of hydrogen-bond donors (Lipinski definition) is 1. The Morgan fingerprint density at radius 2 is 1.91 bits per heavy atom. The smallest absolute Gasteiger partial charge is 0.210 e. The van der Waals surface area contributed by atoms with Crippen molar-refractivity contribution >= 4 is 17.2 Å². The molecule has 0 aliphatic carbocycles. The number of phenolic OH excluding ortho intramolecular Hbond substituents is 1. The van der Waals surface area contributed by atoms with Crippen LogP contribution in [0.4, 0.5) is 0 Å². The van der Waals surface area contributed by atoms with Gasteiger partial charge >= 0.3 is 0 Å². The first-order valence-corrected chi connectivity index (χ1v) is 7.05. The van der Waals surface area contributed by atoms with Crippen molar-refractivity contribution in [2.45, 2.75) is 13.1 Å². The van der Waals surface area contributed by atoms with Crippen molar-refractivity contribution < 1.29 is 9.90 Å². The van der Waals surface area contributed by atoms with E-state index in [-0.39, 0.29) is 5.75 Å². The Balaban J connectivity index is 1.88. The van der Waals surface area contributed by atoms with E-state index < -0.39 is 0 Å². The van der Waals surface area contributed by atoms with Gasteiger partial charge in [-0.3, -0.25) is 9.48 Å². The molecule has 3 aromatic rings. The van der Waals surface area contributed by atoms with Crippen LogP contribution in [-0.2, 0) is 24.9 Å². The molecule has 1 heterocycles. The first kappa shape index (κ1) is 14.1. The molecule has 0 saturated heterocycles. The number of phenols is 1. The second-order valence-electron chi connectivity index (χ2n) is 5.28. The number of aromatic hydroxyl groups is 1. The number of hydrogen-bond acceptors (Lipinski definition) is 3. The van der Waals surface area contributed by atoms with Gasteiger partial charge in [0.1, 0.15) is 5.75 Å². The lowest BCUT2D eigenvalue weighted by molar-refractivity contribution is -0.119. The van der Waals surface area contributed by atoms with E-state index in [2.05, 4.69) is 5.10 Å². The molecule has 0 saturated carbocycles. The van der Waals surface area contributed by atoms with Gasteiger partial charge in [0, 0.05) is 25.2 Å². The van der Waals surface area contributed by atoms with Crippen molar-refractivity contribution in [3.05, 3.63) is 59.9 Å². The molecule has 1 amide bonds. The zero-order valence-corrected chi connectivity index (χ0v) is 12.3. The first-order valence-electron chi connectivity index (χ1n) is 7.05. The lowest BCUT2D eigenvalue weighted by Crippen LogP contribution is -2.21. The maximum Gasteiger partial charge on any atom is 0.210 e. The molecule has 22 heavy (non-hydrogen) atoms. The van der Waals surface area contributed by atoms with E-state index >= 15 is 0 Å². The fourth-order valence-electron chi connectivity index (χ4n) is 2.59. The van der Waals surface area contributed by atoms with E-state index in [0.717, 1.165) is 28.4 Å². The van der Waals surface area contributed by atoms with Crippen LogP contribution in [-0.4, -0.2) is 26.2 Å². The molecule has 1 N–H and O–H groups in total. The maximum atomic E-state index is 11.4. The van der Waals surface area contributed by atoms with E-state index in [9.17, 15) is 9.90 Å². The summed E-state index contributed by atoms with van der Waals surface area (Å²) in [5, 5.41) is 16.0. The van der Waals surface area contributed by atoms with E-state index in [1.54, 1.807) is 15.6 Å². The maximum absolute atomic E-state index is 11.4. The molecule has 0 aliphatic heterocycles. The monoisotopic (exact) mass is 295 g/mol. The standard InChI is InChI=1S/C17H17N3O2/c1-19-9-8-14(18-19)11-20(12-21)10-13-6-7-17(22)16-5-3-2-4-15(13)16/h2-9,12,22H,10-11H2,1H3. The molecule has 0 fully saturated rings. The third-order valence-corrected chi connectivity index (χ3v) is 3.65. The largest absolute Gasteiger partial charge is 0.507 e. The lowest BCUT2D eigenvalue weighted by Gasteiger charge is -2.17. The summed E-state index contributed by atoms with van der Waals surface area (Å²) in [5.41, 5.74) is 1.84. The molecule has 0 bridgehead atoms. The second-order valence-corrected chi connectivity index (χ2v) is 5.28. The summed E-state index contributed by atoms with van der Waals surface area (Å²) in [6.07, 6.45) is 2.69. The van der Waals surface area contributed by atoms with Crippen LogP contribution in [0.15, 0.2) is 48.7 Å². The van der Waals surface area contributed by atoms with Gasteiger partial charge in [0.25, 0.3) is 0 Å². The van der Waals surface area contributed by atoms with Gasteiger partial charge in [-0.2, -0.15) is 5.10 Å². The fraction of sp³-hybridized carbons (Fsp3) is 0.176. The van der Waals surface area contributed by atoms with E-state index in [1.165, 1.54) is 0 Å². The Kier molecular flexibility index (Phi) is 3.78. The number of fused-ring (bicyclic) bond motifs is 1. The Morgan fingerprint density at radius 3 is 2.59 bits per heavy atom. The third-order valence-electron chi connectivity index (χ3n) is 3.65. The minimum absolute atomic E-state index is 0.252. The molecule has 3 rings (SSSR count). The summed E-state index contributed by atoms with van der Waals surface area (Å²) >= 11 is 0. The third kappa shape index (κ3) is 2.79. The first-order chi connectivity index (χ1) is 10.7. The molecule has 1 aromatic heterocycles. The van der Waals surface area contributed by atoms with Gasteiger partial charge in [-0.25, -0.2) is 0 Å². The second kappa shape index (κ2) is 5.89. The average molecular weight is 295 g/mol. The Morgan fingerprint density at radius 1 is 1.14 bits per heavy atom. The highest BCUT2D eigenvalue weighted by molar-refractivity contribution is 5.90. The lowest BCUT2D eigenvalue weighted by atomic mass is 10.0. The molecule has 2 aromatic carbocycles. The SMILES string of the molecule is Cn1ccc(CN(C=O)Cc2ccc(O)c3ccccc23)n1. The molecule has 0 unspecified atom stereocenters. The Bertz CT molecular complexity index is 811. The van der Waals surface area contributed by atoms with Crippen molar-refractivity contribution in [3.8, 4) is 5.75 Å². The van der Waals surface area contributed by atoms with Gasteiger partial charge in [-0.05, 0) is 23.1 Å². The molecular formula is C17H17N3O2. The van der Waals surface area contributed by atoms with Crippen LogP contribution in [0.3, 0.4) is 0 Å². The topological polar surface area (TPSA) is 58.4 Å².